The average Bonchev–Trinajstić information content (AvgIpc) is 2.52. The van der Waals surface area contributed by atoms with Gasteiger partial charge in [0.15, 0.2) is 0 Å². The van der Waals surface area contributed by atoms with E-state index in [2.05, 4.69) is 24.3 Å². The quantitative estimate of drug-likeness (QED) is 0.797. The zero-order valence-corrected chi connectivity index (χ0v) is 12.1. The molecule has 2 rings (SSSR count). The second kappa shape index (κ2) is 8.02. The number of carbonyl (C=O) groups excluding carboxylic acids is 1. The number of aryl methyl sites for hydroxylation is 1. The van der Waals surface area contributed by atoms with Gasteiger partial charge in [-0.15, -0.1) is 0 Å². The molecule has 1 aliphatic heterocycles. The summed E-state index contributed by atoms with van der Waals surface area (Å²) in [5, 5.41) is 0. The zero-order valence-electron chi connectivity index (χ0n) is 12.1. The topological polar surface area (TPSA) is 38.8 Å². The van der Waals surface area contributed by atoms with Crippen LogP contribution in [0.5, 0.6) is 0 Å². The third-order valence-corrected chi connectivity index (χ3v) is 3.52. The summed E-state index contributed by atoms with van der Waals surface area (Å²) in [7, 11) is 0. The summed E-state index contributed by atoms with van der Waals surface area (Å²) in [6, 6.07) is 10.4. The first-order chi connectivity index (χ1) is 9.79. The van der Waals surface area contributed by atoms with Crippen molar-refractivity contribution in [3.05, 3.63) is 35.9 Å². The first-order valence-corrected chi connectivity index (χ1v) is 7.30. The average molecular weight is 277 g/mol. The Hall–Kier alpha value is -1.39. The van der Waals surface area contributed by atoms with Gasteiger partial charge in [0.25, 0.3) is 0 Å². The van der Waals surface area contributed by atoms with E-state index in [0.29, 0.717) is 26.3 Å². The molecule has 0 N–H and O–H groups in total. The summed E-state index contributed by atoms with van der Waals surface area (Å²) in [5.41, 5.74) is 1.31. The number of rotatable bonds is 6. The van der Waals surface area contributed by atoms with Crippen LogP contribution in [0, 0.1) is 0 Å². The van der Waals surface area contributed by atoms with Gasteiger partial charge in [0, 0.05) is 19.7 Å². The number of benzene rings is 1. The van der Waals surface area contributed by atoms with Gasteiger partial charge in [0.2, 0.25) is 5.91 Å². The third-order valence-electron chi connectivity index (χ3n) is 3.52. The van der Waals surface area contributed by atoms with E-state index in [1.807, 2.05) is 17.9 Å². The van der Waals surface area contributed by atoms with Gasteiger partial charge in [-0.25, -0.2) is 0 Å². The molecule has 20 heavy (non-hydrogen) atoms. The molecule has 110 valence electrons. The molecule has 4 nitrogen and oxygen atoms in total. The van der Waals surface area contributed by atoms with Crippen LogP contribution in [0.25, 0.3) is 0 Å². The monoisotopic (exact) mass is 277 g/mol. The number of hydrogen-bond donors (Lipinski definition) is 0. The molecule has 1 amide bonds. The van der Waals surface area contributed by atoms with Gasteiger partial charge in [-0.1, -0.05) is 30.3 Å². The van der Waals surface area contributed by atoms with Gasteiger partial charge < -0.3 is 14.4 Å². The van der Waals surface area contributed by atoms with E-state index in [1.54, 1.807) is 0 Å². The van der Waals surface area contributed by atoms with E-state index in [4.69, 9.17) is 9.47 Å². The number of carbonyl (C=O) groups is 1. The van der Waals surface area contributed by atoms with E-state index in [0.717, 1.165) is 12.8 Å². The molecule has 4 heteroatoms. The van der Waals surface area contributed by atoms with Crippen LogP contribution in [0.4, 0.5) is 0 Å². The summed E-state index contributed by atoms with van der Waals surface area (Å²) in [6.07, 6.45) is 2.07. The Morgan fingerprint density at radius 3 is 2.95 bits per heavy atom. The molecular formula is C16H23NO3. The molecule has 0 bridgehead atoms. The van der Waals surface area contributed by atoms with E-state index >= 15 is 0 Å². The van der Waals surface area contributed by atoms with Crippen molar-refractivity contribution in [2.45, 2.75) is 25.9 Å². The minimum Gasteiger partial charge on any atom is -0.375 e. The maximum atomic E-state index is 11.9. The highest BCUT2D eigenvalue weighted by Gasteiger charge is 2.23. The normalized spacial score (nSPS) is 19.1. The summed E-state index contributed by atoms with van der Waals surface area (Å²) in [6.45, 7) is 4.63. The van der Waals surface area contributed by atoms with E-state index in [-0.39, 0.29) is 18.6 Å². The molecule has 0 aromatic heterocycles. The van der Waals surface area contributed by atoms with E-state index < -0.39 is 0 Å². The van der Waals surface area contributed by atoms with Crippen molar-refractivity contribution in [2.24, 2.45) is 0 Å². The smallest absolute Gasteiger partial charge is 0.248 e. The fourth-order valence-electron chi connectivity index (χ4n) is 2.37. The second-order valence-electron chi connectivity index (χ2n) is 4.99. The van der Waals surface area contributed by atoms with E-state index in [9.17, 15) is 4.79 Å². The van der Waals surface area contributed by atoms with Gasteiger partial charge >= 0.3 is 0 Å². The van der Waals surface area contributed by atoms with Crippen molar-refractivity contribution in [3.8, 4) is 0 Å². The Morgan fingerprint density at radius 2 is 2.20 bits per heavy atom. The molecule has 1 aromatic rings. The molecule has 0 radical (unpaired) electrons. The van der Waals surface area contributed by atoms with Crippen molar-refractivity contribution >= 4 is 5.91 Å². The Kier molecular flexibility index (Phi) is 6.02. The molecule has 0 unspecified atom stereocenters. The summed E-state index contributed by atoms with van der Waals surface area (Å²) in [4.78, 5) is 13.8. The highest BCUT2D eigenvalue weighted by atomic mass is 16.5. The van der Waals surface area contributed by atoms with Crippen LogP contribution >= 0.6 is 0 Å². The van der Waals surface area contributed by atoms with Crippen LogP contribution in [-0.2, 0) is 20.7 Å². The lowest BCUT2D eigenvalue weighted by molar-refractivity contribution is -0.143. The van der Waals surface area contributed by atoms with Gasteiger partial charge in [0.1, 0.15) is 6.61 Å². The first kappa shape index (κ1) is 15.0. The molecule has 1 aliphatic rings. The van der Waals surface area contributed by atoms with Crippen molar-refractivity contribution in [1.82, 2.24) is 4.90 Å². The standard InChI is InChI=1S/C16H23NO3/c1-2-19-13-16(18)17-10-11-20-15(12-17)9-8-14-6-4-3-5-7-14/h3-7,15H,2,8-13H2,1H3/t15-/m0/s1. The SMILES string of the molecule is CCOCC(=O)N1CCO[C@@H](CCc2ccccc2)C1. The second-order valence-corrected chi connectivity index (χ2v) is 4.99. The number of hydrogen-bond acceptors (Lipinski definition) is 3. The summed E-state index contributed by atoms with van der Waals surface area (Å²) in [5.74, 6) is 0.0693. The zero-order chi connectivity index (χ0) is 14.2. The lowest BCUT2D eigenvalue weighted by atomic mass is 10.1. The Labute approximate surface area is 120 Å². The summed E-state index contributed by atoms with van der Waals surface area (Å²) >= 11 is 0. The van der Waals surface area contributed by atoms with Crippen LogP contribution < -0.4 is 0 Å². The fraction of sp³-hybridized carbons (Fsp3) is 0.562. The van der Waals surface area contributed by atoms with Crippen LogP contribution in [0.1, 0.15) is 18.9 Å². The summed E-state index contributed by atoms with van der Waals surface area (Å²) < 4.78 is 10.9. The fourth-order valence-corrected chi connectivity index (χ4v) is 2.37. The van der Waals surface area contributed by atoms with Crippen LogP contribution in [0.2, 0.25) is 0 Å². The maximum absolute atomic E-state index is 11.9. The molecule has 1 saturated heterocycles. The molecule has 1 fully saturated rings. The maximum Gasteiger partial charge on any atom is 0.248 e. The first-order valence-electron chi connectivity index (χ1n) is 7.30. The minimum atomic E-state index is 0.0693. The molecule has 1 heterocycles. The predicted octanol–water partition coefficient (Wildman–Crippen LogP) is 1.88. The van der Waals surface area contributed by atoms with Crippen molar-refractivity contribution in [3.63, 3.8) is 0 Å². The Balaban J connectivity index is 1.77. The number of ether oxygens (including phenoxy) is 2. The Bertz CT molecular complexity index is 407. The Morgan fingerprint density at radius 1 is 1.40 bits per heavy atom. The molecule has 1 aromatic carbocycles. The minimum absolute atomic E-state index is 0.0693. The third kappa shape index (κ3) is 4.62. The van der Waals surface area contributed by atoms with Gasteiger partial charge in [-0.05, 0) is 25.3 Å². The van der Waals surface area contributed by atoms with Gasteiger partial charge in [0.05, 0.1) is 12.7 Å². The molecule has 0 saturated carbocycles. The van der Waals surface area contributed by atoms with Crippen LogP contribution in [-0.4, -0.2) is 49.8 Å². The highest BCUT2D eigenvalue weighted by Crippen LogP contribution is 2.12. The van der Waals surface area contributed by atoms with Crippen molar-refractivity contribution in [2.75, 3.05) is 32.9 Å². The molecular weight excluding hydrogens is 254 g/mol. The highest BCUT2D eigenvalue weighted by molar-refractivity contribution is 5.77. The van der Waals surface area contributed by atoms with Crippen LogP contribution in [0.15, 0.2) is 30.3 Å². The predicted molar refractivity (Wildman–Crippen MR) is 77.6 cm³/mol. The van der Waals surface area contributed by atoms with E-state index in [1.165, 1.54) is 5.56 Å². The number of nitrogens with zero attached hydrogens (tertiary/aromatic N) is 1. The number of morpholine rings is 1. The van der Waals surface area contributed by atoms with Crippen LogP contribution in [0.3, 0.4) is 0 Å². The molecule has 1 atom stereocenters. The van der Waals surface area contributed by atoms with Gasteiger partial charge in [-0.3, -0.25) is 4.79 Å². The largest absolute Gasteiger partial charge is 0.375 e. The molecule has 0 aliphatic carbocycles. The lowest BCUT2D eigenvalue weighted by Crippen LogP contribution is -2.47. The molecule has 0 spiro atoms. The van der Waals surface area contributed by atoms with Crippen molar-refractivity contribution < 1.29 is 14.3 Å². The van der Waals surface area contributed by atoms with Crippen molar-refractivity contribution in [1.29, 1.82) is 0 Å². The van der Waals surface area contributed by atoms with Gasteiger partial charge in [-0.2, -0.15) is 0 Å². The number of amides is 1. The lowest BCUT2D eigenvalue weighted by Gasteiger charge is -2.33.